The van der Waals surface area contributed by atoms with Crippen molar-refractivity contribution in [3.05, 3.63) is 95.4 Å². The van der Waals surface area contributed by atoms with E-state index in [1.807, 2.05) is 48.7 Å². The fourth-order valence-electron chi connectivity index (χ4n) is 8.94. The molecule has 0 bridgehead atoms. The van der Waals surface area contributed by atoms with Crippen LogP contribution in [0, 0.1) is 29.1 Å². The van der Waals surface area contributed by atoms with Crippen molar-refractivity contribution < 1.29 is 19.2 Å². The number of H-pyrrole nitrogens is 1. The van der Waals surface area contributed by atoms with Crippen molar-refractivity contribution >= 4 is 46.2 Å². The van der Waals surface area contributed by atoms with Gasteiger partial charge in [0.2, 0.25) is 11.8 Å². The van der Waals surface area contributed by atoms with E-state index in [-0.39, 0.29) is 53.9 Å². The van der Waals surface area contributed by atoms with Crippen molar-refractivity contribution in [2.24, 2.45) is 29.1 Å². The molecule has 2 heterocycles. The molecule has 1 aromatic heterocycles. The average molecular weight is 718 g/mol. The highest BCUT2D eigenvalue weighted by Crippen LogP contribution is 2.55. The number of anilines is 1. The monoisotopic (exact) mass is 717 g/mol. The number of allylic oxidation sites excluding steroid dienone is 4. The van der Waals surface area contributed by atoms with E-state index in [0.29, 0.717) is 23.6 Å². The van der Waals surface area contributed by atoms with Gasteiger partial charge in [-0.2, -0.15) is 0 Å². The molecule has 7 atom stereocenters. The fraction of sp³-hybridized carbons (Fsp3) is 0.455. The third kappa shape index (κ3) is 7.75. The molecule has 6 rings (SSSR count). The molecule has 0 saturated carbocycles. The largest absolute Gasteiger partial charge is 0.381 e. The summed E-state index contributed by atoms with van der Waals surface area (Å²) in [7, 11) is 0. The number of rotatable bonds is 9. The summed E-state index contributed by atoms with van der Waals surface area (Å²) in [6, 6.07) is 13.9. The number of Topliss-reactive ketones (excluding diaryl/α,β-unsaturated/α-hetero) is 1. The van der Waals surface area contributed by atoms with Gasteiger partial charge in [0.1, 0.15) is 11.5 Å². The van der Waals surface area contributed by atoms with E-state index in [1.165, 1.54) is 11.1 Å². The van der Waals surface area contributed by atoms with Gasteiger partial charge in [-0.25, -0.2) is 0 Å². The standard InChI is InChI=1S/C44H55N5O4/c1-26(2)21-38-40-29(5)28(4)23-32-22-27(3)13-7-8-14-33(24-39(50)44(32,40)43(53)49-38)48-37-18-12-10-16-35(37)42(52)47-30(6)41(51)45-20-19-31-25-46-36-17-11-9-15-34(31)36/h9-12,15-20,22-23,25-26,29-30,32-33,38,40,46,48H,7-8,13-14,21,24H2,1-6H3,(H,45,51)(H,47,52)(H,49,53)/b20-19+,27-22+/t29-,30-,32+,33?,38+,40+,44+/m1/s1. The van der Waals surface area contributed by atoms with E-state index in [4.69, 9.17) is 0 Å². The van der Waals surface area contributed by atoms with E-state index in [2.05, 4.69) is 73.0 Å². The molecule has 9 heteroatoms. The second-order valence-corrected chi connectivity index (χ2v) is 15.9. The molecule has 1 saturated heterocycles. The van der Waals surface area contributed by atoms with Gasteiger partial charge in [-0.15, -0.1) is 0 Å². The number of hydrogen-bond acceptors (Lipinski definition) is 5. The molecule has 1 fully saturated rings. The second-order valence-electron chi connectivity index (χ2n) is 15.9. The molecular weight excluding hydrogens is 663 g/mol. The molecule has 1 spiro atoms. The molecule has 280 valence electrons. The van der Waals surface area contributed by atoms with Crippen LogP contribution in [0.1, 0.15) is 96.0 Å². The van der Waals surface area contributed by atoms with Crippen LogP contribution in [0.15, 0.2) is 84.2 Å². The van der Waals surface area contributed by atoms with Gasteiger partial charge in [0, 0.05) is 64.9 Å². The Morgan fingerprint density at radius 3 is 2.55 bits per heavy atom. The Balaban J connectivity index is 1.20. The maximum atomic E-state index is 15.0. The lowest BCUT2D eigenvalue weighted by Crippen LogP contribution is -2.53. The summed E-state index contributed by atoms with van der Waals surface area (Å²) in [5, 5.41) is 13.6. The topological polar surface area (TPSA) is 132 Å². The van der Waals surface area contributed by atoms with E-state index in [1.54, 1.807) is 25.3 Å². The minimum absolute atomic E-state index is 0.0387. The molecular formula is C44H55N5O4. The highest BCUT2D eigenvalue weighted by Gasteiger charge is 2.65. The van der Waals surface area contributed by atoms with Crippen molar-refractivity contribution in [1.82, 2.24) is 20.9 Å². The normalized spacial score (nSPS) is 27.9. The quantitative estimate of drug-likeness (QED) is 0.114. The Labute approximate surface area is 313 Å². The van der Waals surface area contributed by atoms with Gasteiger partial charge in [0.25, 0.3) is 5.91 Å². The second kappa shape index (κ2) is 16.0. The van der Waals surface area contributed by atoms with Crippen molar-refractivity contribution in [3.63, 3.8) is 0 Å². The number of hydrogen-bond donors (Lipinski definition) is 5. The molecule has 2 aliphatic carbocycles. The van der Waals surface area contributed by atoms with Crippen LogP contribution in [0.4, 0.5) is 5.69 Å². The predicted octanol–water partition coefficient (Wildman–Crippen LogP) is 7.69. The number of para-hydroxylation sites is 2. The Hall–Kier alpha value is -4.92. The Morgan fingerprint density at radius 2 is 1.75 bits per heavy atom. The van der Waals surface area contributed by atoms with Crippen LogP contribution in [0.5, 0.6) is 0 Å². The molecule has 3 aliphatic rings. The maximum Gasteiger partial charge on any atom is 0.254 e. The first kappa shape index (κ1) is 37.8. The number of nitrogens with one attached hydrogen (secondary N) is 5. The minimum Gasteiger partial charge on any atom is -0.381 e. The van der Waals surface area contributed by atoms with Gasteiger partial charge in [-0.05, 0) is 82.6 Å². The van der Waals surface area contributed by atoms with E-state index >= 15 is 0 Å². The van der Waals surface area contributed by atoms with Crippen LogP contribution in [-0.4, -0.2) is 46.6 Å². The molecule has 3 aromatic rings. The zero-order valence-electron chi connectivity index (χ0n) is 31.9. The number of aromatic nitrogens is 1. The van der Waals surface area contributed by atoms with Crippen LogP contribution in [0.25, 0.3) is 17.0 Å². The van der Waals surface area contributed by atoms with Gasteiger partial charge in [0.05, 0.1) is 5.56 Å². The number of fused-ring (bicyclic) bond motifs is 1. The van der Waals surface area contributed by atoms with Crippen molar-refractivity contribution in [1.29, 1.82) is 0 Å². The van der Waals surface area contributed by atoms with Crippen LogP contribution in [-0.2, 0) is 14.4 Å². The van der Waals surface area contributed by atoms with E-state index in [9.17, 15) is 19.2 Å². The van der Waals surface area contributed by atoms with Crippen molar-refractivity contribution in [2.75, 3.05) is 5.32 Å². The predicted molar refractivity (Wildman–Crippen MR) is 212 cm³/mol. The van der Waals surface area contributed by atoms with E-state index in [0.717, 1.165) is 42.1 Å². The fourth-order valence-corrected chi connectivity index (χ4v) is 8.94. The molecule has 3 amide bonds. The highest BCUT2D eigenvalue weighted by atomic mass is 16.2. The van der Waals surface area contributed by atoms with Crippen molar-refractivity contribution in [3.8, 4) is 0 Å². The first-order valence-electron chi connectivity index (χ1n) is 19.3. The van der Waals surface area contributed by atoms with Crippen LogP contribution in [0.2, 0.25) is 0 Å². The highest BCUT2D eigenvalue weighted by molar-refractivity contribution is 6.10. The SMILES string of the molecule is CC1=C[C@@H]2/C=C(\C)CCCCC(Nc3ccccc3C(=O)N[C@H](C)C(=O)N/C=C/c3c[nH]c4ccccc34)CC(=O)[C@@]23C(=O)N[C@@H](CC(C)C)[C@@H]3[C@@H]1C. The van der Waals surface area contributed by atoms with Crippen LogP contribution >= 0.6 is 0 Å². The zero-order chi connectivity index (χ0) is 37.9. The molecule has 2 aromatic carbocycles. The molecule has 1 aliphatic heterocycles. The lowest BCUT2D eigenvalue weighted by molar-refractivity contribution is -0.145. The molecule has 5 N–H and O–H groups in total. The van der Waals surface area contributed by atoms with Crippen molar-refractivity contribution in [2.45, 2.75) is 98.2 Å². The van der Waals surface area contributed by atoms with Gasteiger partial charge in [-0.3, -0.25) is 19.2 Å². The lowest BCUT2D eigenvalue weighted by atomic mass is 9.54. The Bertz CT molecular complexity index is 1950. The Kier molecular flexibility index (Phi) is 11.4. The van der Waals surface area contributed by atoms with Crippen LogP contribution < -0.4 is 21.3 Å². The summed E-state index contributed by atoms with van der Waals surface area (Å²) in [6.07, 6.45) is 14.1. The average Bonchev–Trinajstić information content (AvgIpc) is 3.66. The summed E-state index contributed by atoms with van der Waals surface area (Å²) in [4.78, 5) is 59.2. The summed E-state index contributed by atoms with van der Waals surface area (Å²) < 4.78 is 0. The third-order valence-electron chi connectivity index (χ3n) is 11.7. The van der Waals surface area contributed by atoms with Gasteiger partial charge in [0.15, 0.2) is 5.78 Å². The van der Waals surface area contributed by atoms with Gasteiger partial charge < -0.3 is 26.3 Å². The van der Waals surface area contributed by atoms with Gasteiger partial charge in [-0.1, -0.05) is 80.8 Å². The summed E-state index contributed by atoms with van der Waals surface area (Å²) in [6.45, 7) is 12.4. The summed E-state index contributed by atoms with van der Waals surface area (Å²) in [5.74, 6) is -0.939. The summed E-state index contributed by atoms with van der Waals surface area (Å²) >= 11 is 0. The molecule has 9 nitrogen and oxygen atoms in total. The number of aromatic amines is 1. The Morgan fingerprint density at radius 1 is 1.00 bits per heavy atom. The number of benzene rings is 2. The minimum atomic E-state index is -1.19. The summed E-state index contributed by atoms with van der Waals surface area (Å²) in [5.41, 5.74) is 4.17. The first-order valence-corrected chi connectivity index (χ1v) is 19.3. The number of carbonyl (C=O) groups excluding carboxylic acids is 4. The molecule has 0 radical (unpaired) electrons. The zero-order valence-corrected chi connectivity index (χ0v) is 31.9. The third-order valence-corrected chi connectivity index (χ3v) is 11.7. The lowest BCUT2D eigenvalue weighted by Gasteiger charge is -2.45. The van der Waals surface area contributed by atoms with Crippen LogP contribution in [0.3, 0.4) is 0 Å². The maximum absolute atomic E-state index is 15.0. The molecule has 1 unspecified atom stereocenters. The number of carbonyl (C=O) groups is 4. The number of ketones is 1. The first-order chi connectivity index (χ1) is 25.4. The van der Waals surface area contributed by atoms with Gasteiger partial charge >= 0.3 is 0 Å². The molecule has 53 heavy (non-hydrogen) atoms. The van der Waals surface area contributed by atoms with E-state index < -0.39 is 17.4 Å². The smallest absolute Gasteiger partial charge is 0.254 e. The number of amides is 3.